The molecule has 1 aromatic heterocycles. The molecule has 2 nitrogen and oxygen atoms in total. The van der Waals surface area contributed by atoms with Crippen LogP contribution >= 0.6 is 0 Å². The summed E-state index contributed by atoms with van der Waals surface area (Å²) in [6.07, 6.45) is 1.07. The second kappa shape index (κ2) is 3.77. The highest BCUT2D eigenvalue weighted by atomic mass is 16.3. The van der Waals surface area contributed by atoms with Crippen LogP contribution in [0, 0.1) is 19.3 Å². The van der Waals surface area contributed by atoms with Crippen molar-refractivity contribution in [3.63, 3.8) is 0 Å². The molecule has 0 aliphatic rings. The van der Waals surface area contributed by atoms with Gasteiger partial charge in [0.15, 0.2) is 0 Å². The minimum Gasteiger partial charge on any atom is -0.466 e. The van der Waals surface area contributed by atoms with E-state index in [0.29, 0.717) is 0 Å². The molecule has 1 heterocycles. The third kappa shape index (κ3) is 2.01. The van der Waals surface area contributed by atoms with Gasteiger partial charge in [0.2, 0.25) is 0 Å². The monoisotopic (exact) mass is 195 g/mol. The van der Waals surface area contributed by atoms with Crippen LogP contribution in [0.1, 0.15) is 50.3 Å². The molecule has 0 saturated heterocycles. The van der Waals surface area contributed by atoms with Crippen molar-refractivity contribution in [2.45, 2.75) is 47.1 Å². The van der Waals surface area contributed by atoms with Crippen molar-refractivity contribution in [2.24, 2.45) is 11.1 Å². The first kappa shape index (κ1) is 11.3. The van der Waals surface area contributed by atoms with Crippen LogP contribution in [0.2, 0.25) is 0 Å². The number of rotatable bonds is 3. The largest absolute Gasteiger partial charge is 0.466 e. The van der Waals surface area contributed by atoms with Crippen LogP contribution in [-0.2, 0) is 0 Å². The Bertz CT molecular complexity index is 312. The Kier molecular flexibility index (Phi) is 3.05. The number of hydrogen-bond acceptors (Lipinski definition) is 2. The van der Waals surface area contributed by atoms with E-state index in [4.69, 9.17) is 10.2 Å². The highest BCUT2D eigenvalue weighted by molar-refractivity contribution is 5.25. The Morgan fingerprint density at radius 1 is 1.43 bits per heavy atom. The van der Waals surface area contributed by atoms with E-state index in [1.54, 1.807) is 0 Å². The molecule has 0 radical (unpaired) electrons. The van der Waals surface area contributed by atoms with Gasteiger partial charge in [-0.25, -0.2) is 0 Å². The lowest BCUT2D eigenvalue weighted by atomic mass is 9.79. The first-order chi connectivity index (χ1) is 6.38. The minimum atomic E-state index is 0.0601. The molecule has 2 heteroatoms. The minimum absolute atomic E-state index is 0.0601. The summed E-state index contributed by atoms with van der Waals surface area (Å²) in [5.74, 6) is 1.90. The Balaban J connectivity index is 3.00. The van der Waals surface area contributed by atoms with Crippen molar-refractivity contribution in [3.05, 3.63) is 23.2 Å². The van der Waals surface area contributed by atoms with E-state index in [9.17, 15) is 0 Å². The van der Waals surface area contributed by atoms with E-state index in [2.05, 4.69) is 26.8 Å². The Morgan fingerprint density at radius 2 is 2.00 bits per heavy atom. The molecule has 1 unspecified atom stereocenters. The fourth-order valence-electron chi connectivity index (χ4n) is 1.60. The van der Waals surface area contributed by atoms with Crippen LogP contribution in [0.4, 0.5) is 0 Å². The van der Waals surface area contributed by atoms with Gasteiger partial charge in [-0.05, 0) is 31.7 Å². The fraction of sp³-hybridized carbons (Fsp3) is 0.667. The van der Waals surface area contributed by atoms with E-state index in [1.165, 1.54) is 0 Å². The summed E-state index contributed by atoms with van der Waals surface area (Å²) >= 11 is 0. The molecule has 0 aliphatic carbocycles. The molecule has 1 aromatic rings. The normalized spacial score (nSPS) is 14.4. The second-order valence-corrected chi connectivity index (χ2v) is 4.69. The quantitative estimate of drug-likeness (QED) is 0.803. The van der Waals surface area contributed by atoms with Crippen molar-refractivity contribution in [3.8, 4) is 0 Å². The van der Waals surface area contributed by atoms with Crippen molar-refractivity contribution in [1.29, 1.82) is 0 Å². The summed E-state index contributed by atoms with van der Waals surface area (Å²) in [4.78, 5) is 0. The maximum absolute atomic E-state index is 6.24. The van der Waals surface area contributed by atoms with Gasteiger partial charge in [-0.2, -0.15) is 0 Å². The van der Waals surface area contributed by atoms with Crippen LogP contribution in [0.25, 0.3) is 0 Å². The fourth-order valence-corrected chi connectivity index (χ4v) is 1.60. The van der Waals surface area contributed by atoms with E-state index >= 15 is 0 Å². The molecule has 14 heavy (non-hydrogen) atoms. The van der Waals surface area contributed by atoms with Crippen molar-refractivity contribution in [1.82, 2.24) is 0 Å². The Hall–Kier alpha value is -0.760. The SMILES string of the molecule is CCC(C)(C)C(N)c1cc(C)oc1C. The summed E-state index contributed by atoms with van der Waals surface area (Å²) in [6, 6.07) is 2.11. The van der Waals surface area contributed by atoms with Gasteiger partial charge in [-0.15, -0.1) is 0 Å². The maximum Gasteiger partial charge on any atom is 0.105 e. The summed E-state index contributed by atoms with van der Waals surface area (Å²) in [6.45, 7) is 10.5. The molecule has 0 aromatic carbocycles. The molecule has 1 rings (SSSR count). The first-order valence-electron chi connectivity index (χ1n) is 5.21. The maximum atomic E-state index is 6.24. The van der Waals surface area contributed by atoms with Gasteiger partial charge in [-0.3, -0.25) is 0 Å². The van der Waals surface area contributed by atoms with Crippen LogP contribution in [0.5, 0.6) is 0 Å². The van der Waals surface area contributed by atoms with Crippen molar-refractivity contribution in [2.75, 3.05) is 0 Å². The zero-order chi connectivity index (χ0) is 10.9. The number of furan rings is 1. The van der Waals surface area contributed by atoms with Crippen LogP contribution < -0.4 is 5.73 Å². The topological polar surface area (TPSA) is 39.2 Å². The molecule has 0 aliphatic heterocycles. The van der Waals surface area contributed by atoms with E-state index in [-0.39, 0.29) is 11.5 Å². The molecule has 0 amide bonds. The predicted molar refractivity (Wildman–Crippen MR) is 59.2 cm³/mol. The van der Waals surface area contributed by atoms with Crippen molar-refractivity contribution >= 4 is 0 Å². The summed E-state index contributed by atoms with van der Waals surface area (Å²) in [5, 5.41) is 0. The molecule has 0 bridgehead atoms. The standard InChI is InChI=1S/C12H21NO/c1-6-12(4,5)11(13)10-7-8(2)14-9(10)3/h7,11H,6,13H2,1-5H3. The molecule has 1 atom stereocenters. The van der Waals surface area contributed by atoms with E-state index < -0.39 is 0 Å². The molecular weight excluding hydrogens is 174 g/mol. The van der Waals surface area contributed by atoms with Gasteiger partial charge in [0, 0.05) is 11.6 Å². The molecule has 0 fully saturated rings. The highest BCUT2D eigenvalue weighted by Gasteiger charge is 2.28. The lowest BCUT2D eigenvalue weighted by Gasteiger charge is -2.30. The van der Waals surface area contributed by atoms with Crippen LogP contribution in [-0.4, -0.2) is 0 Å². The van der Waals surface area contributed by atoms with Crippen LogP contribution in [0.15, 0.2) is 10.5 Å². The molecule has 0 spiro atoms. The molecular formula is C12H21NO. The number of aryl methyl sites for hydroxylation is 2. The van der Waals surface area contributed by atoms with Gasteiger partial charge >= 0.3 is 0 Å². The zero-order valence-electron chi connectivity index (χ0n) is 9.85. The number of hydrogen-bond donors (Lipinski definition) is 1. The van der Waals surface area contributed by atoms with Gasteiger partial charge in [0.1, 0.15) is 11.5 Å². The zero-order valence-corrected chi connectivity index (χ0v) is 9.85. The molecule has 0 saturated carbocycles. The Labute approximate surface area is 86.5 Å². The summed E-state index contributed by atoms with van der Waals surface area (Å²) < 4.78 is 5.50. The van der Waals surface area contributed by atoms with Gasteiger partial charge in [0.05, 0.1) is 0 Å². The summed E-state index contributed by atoms with van der Waals surface area (Å²) in [5.41, 5.74) is 7.51. The lowest BCUT2D eigenvalue weighted by Crippen LogP contribution is -2.28. The van der Waals surface area contributed by atoms with Gasteiger partial charge in [0.25, 0.3) is 0 Å². The Morgan fingerprint density at radius 3 is 2.36 bits per heavy atom. The smallest absolute Gasteiger partial charge is 0.105 e. The lowest BCUT2D eigenvalue weighted by molar-refractivity contribution is 0.276. The average Bonchev–Trinajstić information content (AvgIpc) is 2.44. The van der Waals surface area contributed by atoms with E-state index in [0.717, 1.165) is 23.5 Å². The molecule has 80 valence electrons. The third-order valence-corrected chi connectivity index (χ3v) is 3.17. The second-order valence-electron chi connectivity index (χ2n) is 4.69. The van der Waals surface area contributed by atoms with Gasteiger partial charge < -0.3 is 10.2 Å². The summed E-state index contributed by atoms with van der Waals surface area (Å²) in [7, 11) is 0. The first-order valence-corrected chi connectivity index (χ1v) is 5.21. The molecule has 2 N–H and O–H groups in total. The number of nitrogens with two attached hydrogens (primary N) is 1. The van der Waals surface area contributed by atoms with Crippen LogP contribution in [0.3, 0.4) is 0 Å². The van der Waals surface area contributed by atoms with Gasteiger partial charge in [-0.1, -0.05) is 20.8 Å². The average molecular weight is 195 g/mol. The third-order valence-electron chi connectivity index (χ3n) is 3.17. The predicted octanol–water partition coefficient (Wildman–Crippen LogP) is 3.33. The van der Waals surface area contributed by atoms with Crippen molar-refractivity contribution < 1.29 is 4.42 Å². The highest BCUT2D eigenvalue weighted by Crippen LogP contribution is 2.36. The van der Waals surface area contributed by atoms with E-state index in [1.807, 2.05) is 13.8 Å².